The van der Waals surface area contributed by atoms with Crippen LogP contribution in [0.4, 0.5) is 0 Å². The number of fused-ring (bicyclic) bond motifs is 2. The van der Waals surface area contributed by atoms with Crippen LogP contribution < -0.4 is 0 Å². The van der Waals surface area contributed by atoms with Crippen molar-refractivity contribution in [1.29, 1.82) is 0 Å². The van der Waals surface area contributed by atoms with Crippen molar-refractivity contribution in [3.05, 3.63) is 46.6 Å². The molecule has 0 nitrogen and oxygen atoms in total. The zero-order chi connectivity index (χ0) is 17.3. The number of rotatable bonds is 2. The van der Waals surface area contributed by atoms with Crippen LogP contribution in [0.2, 0.25) is 0 Å². The van der Waals surface area contributed by atoms with Gasteiger partial charge in [0.25, 0.3) is 0 Å². The van der Waals surface area contributed by atoms with Crippen LogP contribution in [-0.4, -0.2) is 0 Å². The first-order chi connectivity index (χ1) is 12.1. The van der Waals surface area contributed by atoms with E-state index in [9.17, 15) is 0 Å². The average molecular weight is 337 g/mol. The zero-order valence-electron chi connectivity index (χ0n) is 16.4. The molecule has 0 bridgehead atoms. The molecule has 0 aliphatic heterocycles. The van der Waals surface area contributed by atoms with Crippen LogP contribution in [0, 0.1) is 17.3 Å². The molecule has 4 aliphatic rings. The Morgan fingerprint density at radius 2 is 0.800 bits per heavy atom. The van der Waals surface area contributed by atoms with Gasteiger partial charge in [-0.05, 0) is 79.1 Å². The van der Waals surface area contributed by atoms with Crippen molar-refractivity contribution < 1.29 is 0 Å². The Hall–Kier alpha value is -1.04. The smallest absolute Gasteiger partial charge is 0.00182 e. The van der Waals surface area contributed by atoms with Crippen LogP contribution in [0.15, 0.2) is 46.6 Å². The Balaban J connectivity index is 1.55. The fraction of sp³-hybridized carbons (Fsp3) is 0.680. The van der Waals surface area contributed by atoms with Gasteiger partial charge in [0, 0.05) is 11.8 Å². The maximum Gasteiger partial charge on any atom is 0.00182 e. The van der Waals surface area contributed by atoms with E-state index in [1.165, 1.54) is 77.0 Å². The van der Waals surface area contributed by atoms with Crippen LogP contribution in [-0.2, 0) is 0 Å². The molecule has 0 heterocycles. The molecule has 2 fully saturated rings. The first-order valence-electron chi connectivity index (χ1n) is 11.0. The minimum absolute atomic E-state index is 0.308. The normalized spacial score (nSPS) is 26.3. The van der Waals surface area contributed by atoms with Crippen LogP contribution >= 0.6 is 0 Å². The van der Waals surface area contributed by atoms with Gasteiger partial charge >= 0.3 is 0 Å². The van der Waals surface area contributed by atoms with Gasteiger partial charge in [0.2, 0.25) is 0 Å². The summed E-state index contributed by atoms with van der Waals surface area (Å²) in [7, 11) is 0. The Bertz CT molecular complexity index is 520. The van der Waals surface area contributed by atoms with Gasteiger partial charge in [-0.25, -0.2) is 0 Å². The van der Waals surface area contributed by atoms with Crippen molar-refractivity contribution in [3.63, 3.8) is 0 Å². The predicted molar refractivity (Wildman–Crippen MR) is 108 cm³/mol. The summed E-state index contributed by atoms with van der Waals surface area (Å²) < 4.78 is 0. The first-order valence-corrected chi connectivity index (χ1v) is 11.0. The van der Waals surface area contributed by atoms with E-state index >= 15 is 0 Å². The fourth-order valence-corrected chi connectivity index (χ4v) is 5.42. The van der Waals surface area contributed by atoms with Crippen molar-refractivity contribution in [2.24, 2.45) is 17.3 Å². The molecule has 25 heavy (non-hydrogen) atoms. The zero-order valence-corrected chi connectivity index (χ0v) is 16.4. The van der Waals surface area contributed by atoms with E-state index in [0.29, 0.717) is 17.3 Å². The molecule has 0 N–H and O–H groups in total. The summed E-state index contributed by atoms with van der Waals surface area (Å²) in [6.07, 6.45) is 27.2. The molecule has 0 saturated heterocycles. The van der Waals surface area contributed by atoms with Crippen molar-refractivity contribution >= 4 is 0 Å². The van der Waals surface area contributed by atoms with Gasteiger partial charge in [0.1, 0.15) is 0 Å². The van der Waals surface area contributed by atoms with E-state index in [-0.39, 0.29) is 0 Å². The Kier molecular flexibility index (Phi) is 5.07. The highest BCUT2D eigenvalue weighted by Crippen LogP contribution is 2.49. The van der Waals surface area contributed by atoms with Gasteiger partial charge in [-0.3, -0.25) is 0 Å². The van der Waals surface area contributed by atoms with Crippen molar-refractivity contribution in [1.82, 2.24) is 0 Å². The van der Waals surface area contributed by atoms with E-state index < -0.39 is 0 Å². The fourth-order valence-electron chi connectivity index (χ4n) is 5.42. The quantitative estimate of drug-likeness (QED) is 0.485. The topological polar surface area (TPSA) is 0 Å². The van der Waals surface area contributed by atoms with Crippen LogP contribution in [0.1, 0.15) is 90.9 Å². The van der Waals surface area contributed by atoms with Crippen molar-refractivity contribution in [3.8, 4) is 0 Å². The van der Waals surface area contributed by atoms with Gasteiger partial charge < -0.3 is 0 Å². The lowest BCUT2D eigenvalue weighted by molar-refractivity contribution is 0.251. The van der Waals surface area contributed by atoms with Gasteiger partial charge in [-0.1, -0.05) is 63.8 Å². The van der Waals surface area contributed by atoms with E-state index in [1.807, 2.05) is 0 Å². The monoisotopic (exact) mass is 336 g/mol. The number of hydrogen-bond acceptors (Lipinski definition) is 0. The highest BCUT2D eigenvalue weighted by atomic mass is 14.4. The van der Waals surface area contributed by atoms with Gasteiger partial charge in [-0.15, -0.1) is 0 Å². The summed E-state index contributed by atoms with van der Waals surface area (Å²) in [6.45, 7) is 5.03. The predicted octanol–water partition coefficient (Wildman–Crippen LogP) is 7.69. The first kappa shape index (κ1) is 17.4. The van der Waals surface area contributed by atoms with Gasteiger partial charge in [0.15, 0.2) is 0 Å². The molecule has 4 aliphatic carbocycles. The van der Waals surface area contributed by atoms with Gasteiger partial charge in [0.05, 0.1) is 0 Å². The van der Waals surface area contributed by atoms with Crippen LogP contribution in [0.3, 0.4) is 0 Å². The lowest BCUT2D eigenvalue weighted by Crippen LogP contribution is -2.27. The molecule has 0 heteroatoms. The second-order valence-corrected chi connectivity index (χ2v) is 9.47. The molecule has 0 spiro atoms. The minimum Gasteiger partial charge on any atom is -0.0736 e. The molecule has 0 radical (unpaired) electrons. The Morgan fingerprint density at radius 3 is 1.08 bits per heavy atom. The van der Waals surface area contributed by atoms with Crippen molar-refractivity contribution in [2.75, 3.05) is 0 Å². The summed E-state index contributed by atoms with van der Waals surface area (Å²) in [6, 6.07) is 0. The molecule has 0 atom stereocenters. The Labute approximate surface area is 155 Å². The molecular weight excluding hydrogens is 300 g/mol. The van der Waals surface area contributed by atoms with Crippen LogP contribution in [0.5, 0.6) is 0 Å². The Morgan fingerprint density at radius 1 is 0.520 bits per heavy atom. The number of allylic oxidation sites excluding steroid dienone is 8. The summed E-state index contributed by atoms with van der Waals surface area (Å²) in [4.78, 5) is 0. The van der Waals surface area contributed by atoms with E-state index in [2.05, 4.69) is 38.2 Å². The number of hydrogen-bond donors (Lipinski definition) is 0. The summed E-state index contributed by atoms with van der Waals surface area (Å²) in [5.41, 5.74) is 7.09. The lowest BCUT2D eigenvalue weighted by atomic mass is 9.70. The third-order valence-electron chi connectivity index (χ3n) is 7.35. The molecule has 0 aromatic rings. The highest BCUT2D eigenvalue weighted by Gasteiger charge is 2.38. The molecule has 4 rings (SSSR count). The van der Waals surface area contributed by atoms with E-state index in [1.54, 1.807) is 22.3 Å². The maximum absolute atomic E-state index is 2.65. The SMILES string of the molecule is CC(C)(C1C=C2CCCCCCC2=C1)C1C=C2CCCCCCC2=C1. The highest BCUT2D eigenvalue weighted by molar-refractivity contribution is 5.44. The summed E-state index contributed by atoms with van der Waals surface area (Å²) in [5, 5.41) is 0. The molecular formula is C25H36. The maximum atomic E-state index is 2.65. The second-order valence-electron chi connectivity index (χ2n) is 9.47. The molecule has 0 unspecified atom stereocenters. The minimum atomic E-state index is 0.308. The summed E-state index contributed by atoms with van der Waals surface area (Å²) in [5.74, 6) is 1.25. The molecule has 0 aromatic heterocycles. The third-order valence-corrected chi connectivity index (χ3v) is 7.35. The van der Waals surface area contributed by atoms with E-state index in [0.717, 1.165) is 0 Å². The molecule has 136 valence electrons. The third kappa shape index (κ3) is 3.60. The summed E-state index contributed by atoms with van der Waals surface area (Å²) >= 11 is 0. The standard InChI is InChI=1S/C25H36/c1-25(2,23-15-19-11-7-3-4-8-12-20(19)16-23)24-17-21-13-9-5-6-10-14-22(21)18-24/h15-18,23-24H,3-14H2,1-2H3. The van der Waals surface area contributed by atoms with E-state index in [4.69, 9.17) is 0 Å². The average Bonchev–Trinajstić information content (AvgIpc) is 3.12. The van der Waals surface area contributed by atoms with Crippen molar-refractivity contribution in [2.45, 2.75) is 90.9 Å². The largest absolute Gasteiger partial charge is 0.0736 e. The molecule has 0 amide bonds. The lowest BCUT2D eigenvalue weighted by Gasteiger charge is -2.34. The second kappa shape index (κ2) is 7.29. The molecule has 2 saturated carbocycles. The molecule has 0 aromatic carbocycles. The van der Waals surface area contributed by atoms with Gasteiger partial charge in [-0.2, -0.15) is 0 Å². The van der Waals surface area contributed by atoms with Crippen LogP contribution in [0.25, 0.3) is 0 Å².